The number of hydrogen-bond acceptors (Lipinski definition) is 3. The average Bonchev–Trinajstić information content (AvgIpc) is 2.30. The van der Waals surface area contributed by atoms with Crippen molar-refractivity contribution in [3.8, 4) is 0 Å². The van der Waals surface area contributed by atoms with Gasteiger partial charge in [-0.1, -0.05) is 6.07 Å². The van der Waals surface area contributed by atoms with E-state index in [0.717, 1.165) is 27.5 Å². The molecule has 0 saturated heterocycles. The van der Waals surface area contributed by atoms with E-state index < -0.39 is 0 Å². The first-order valence-electron chi connectivity index (χ1n) is 4.74. The van der Waals surface area contributed by atoms with Gasteiger partial charge in [0.25, 0.3) is 0 Å². The Morgan fingerprint density at radius 2 is 1.62 bits per heavy atom. The molecular formula is C12H9FeN3. The molecule has 2 N–H and O–H groups in total. The molecule has 0 amide bonds. The maximum atomic E-state index is 5.95. The fourth-order valence-electron chi connectivity index (χ4n) is 1.80. The second kappa shape index (κ2) is 4.08. The van der Waals surface area contributed by atoms with Crippen molar-refractivity contribution in [1.82, 2.24) is 9.97 Å². The summed E-state index contributed by atoms with van der Waals surface area (Å²) in [7, 11) is 0. The van der Waals surface area contributed by atoms with E-state index in [1.165, 1.54) is 0 Å². The summed E-state index contributed by atoms with van der Waals surface area (Å²) in [6.45, 7) is 0. The number of benzene rings is 1. The van der Waals surface area contributed by atoms with Gasteiger partial charge in [0.1, 0.15) is 0 Å². The Balaban J connectivity index is 0.000000963. The third-order valence-corrected chi connectivity index (χ3v) is 2.49. The van der Waals surface area contributed by atoms with Crippen LogP contribution in [0.4, 0.5) is 5.69 Å². The predicted molar refractivity (Wildman–Crippen MR) is 61.5 cm³/mol. The van der Waals surface area contributed by atoms with Gasteiger partial charge in [0.15, 0.2) is 0 Å². The monoisotopic (exact) mass is 251 g/mol. The van der Waals surface area contributed by atoms with E-state index in [4.69, 9.17) is 5.73 Å². The number of anilines is 1. The molecule has 4 heteroatoms. The van der Waals surface area contributed by atoms with Crippen molar-refractivity contribution in [3.05, 3.63) is 42.7 Å². The summed E-state index contributed by atoms with van der Waals surface area (Å²) in [5.41, 5.74) is 8.48. The minimum absolute atomic E-state index is 0. The van der Waals surface area contributed by atoms with Crippen LogP contribution >= 0.6 is 0 Å². The van der Waals surface area contributed by atoms with Crippen molar-refractivity contribution < 1.29 is 17.1 Å². The van der Waals surface area contributed by atoms with Gasteiger partial charge in [-0.05, 0) is 24.3 Å². The number of nitrogens with zero attached hydrogens (tertiary/aromatic N) is 2. The minimum atomic E-state index is 0. The van der Waals surface area contributed by atoms with E-state index in [1.807, 2.05) is 30.3 Å². The molecular weight excluding hydrogens is 242 g/mol. The van der Waals surface area contributed by atoms with E-state index in [0.29, 0.717) is 0 Å². The Morgan fingerprint density at radius 3 is 2.44 bits per heavy atom. The van der Waals surface area contributed by atoms with Crippen LogP contribution in [0.1, 0.15) is 0 Å². The van der Waals surface area contributed by atoms with Crippen molar-refractivity contribution in [1.29, 1.82) is 0 Å². The summed E-state index contributed by atoms with van der Waals surface area (Å²) in [4.78, 5) is 8.66. The first kappa shape index (κ1) is 10.9. The fourth-order valence-corrected chi connectivity index (χ4v) is 1.80. The predicted octanol–water partition coefficient (Wildman–Crippen LogP) is 2.36. The summed E-state index contributed by atoms with van der Waals surface area (Å²) in [5.74, 6) is 0. The zero-order chi connectivity index (χ0) is 10.3. The van der Waals surface area contributed by atoms with Crippen LogP contribution in [-0.2, 0) is 17.1 Å². The van der Waals surface area contributed by atoms with E-state index in [-0.39, 0.29) is 17.1 Å². The van der Waals surface area contributed by atoms with Crippen LogP contribution < -0.4 is 5.73 Å². The Labute approximate surface area is 103 Å². The number of pyridine rings is 2. The van der Waals surface area contributed by atoms with E-state index in [1.54, 1.807) is 12.4 Å². The third-order valence-electron chi connectivity index (χ3n) is 2.49. The molecule has 16 heavy (non-hydrogen) atoms. The quantitative estimate of drug-likeness (QED) is 0.379. The molecule has 0 fully saturated rings. The van der Waals surface area contributed by atoms with Crippen molar-refractivity contribution in [2.75, 3.05) is 5.73 Å². The van der Waals surface area contributed by atoms with Gasteiger partial charge >= 0.3 is 0 Å². The maximum Gasteiger partial charge on any atom is 0.0985 e. The van der Waals surface area contributed by atoms with Gasteiger partial charge in [-0.25, -0.2) is 0 Å². The van der Waals surface area contributed by atoms with Gasteiger partial charge in [0, 0.05) is 45.9 Å². The third kappa shape index (κ3) is 1.52. The molecule has 0 bridgehead atoms. The van der Waals surface area contributed by atoms with E-state index in [2.05, 4.69) is 9.97 Å². The first-order chi connectivity index (χ1) is 7.36. The Hall–Kier alpha value is -1.64. The van der Waals surface area contributed by atoms with Crippen LogP contribution in [0.5, 0.6) is 0 Å². The van der Waals surface area contributed by atoms with Crippen LogP contribution in [0.2, 0.25) is 0 Å². The standard InChI is InChI=1S/C12H9N3.Fe/c13-10-7-8-3-1-5-14-11(8)12-9(10)4-2-6-15-12;/h1-7H,13H2;. The molecule has 3 nitrogen and oxygen atoms in total. The maximum absolute atomic E-state index is 5.95. The second-order valence-corrected chi connectivity index (χ2v) is 3.44. The van der Waals surface area contributed by atoms with Gasteiger partial charge in [-0.3, -0.25) is 9.97 Å². The fraction of sp³-hybridized carbons (Fsp3) is 0. The molecule has 0 unspecified atom stereocenters. The van der Waals surface area contributed by atoms with Crippen LogP contribution in [0.3, 0.4) is 0 Å². The zero-order valence-corrected chi connectivity index (χ0v) is 9.47. The summed E-state index contributed by atoms with van der Waals surface area (Å²) in [5, 5.41) is 1.99. The largest absolute Gasteiger partial charge is 0.398 e. The van der Waals surface area contributed by atoms with Crippen molar-refractivity contribution in [2.45, 2.75) is 0 Å². The molecule has 0 radical (unpaired) electrons. The Kier molecular flexibility index (Phi) is 2.77. The van der Waals surface area contributed by atoms with Gasteiger partial charge in [0.2, 0.25) is 0 Å². The summed E-state index contributed by atoms with van der Waals surface area (Å²) in [6, 6.07) is 9.68. The average molecular weight is 251 g/mol. The van der Waals surface area contributed by atoms with Crippen molar-refractivity contribution in [3.63, 3.8) is 0 Å². The zero-order valence-electron chi connectivity index (χ0n) is 8.37. The number of hydrogen-bond donors (Lipinski definition) is 1. The van der Waals surface area contributed by atoms with E-state index >= 15 is 0 Å². The van der Waals surface area contributed by atoms with Gasteiger partial charge in [0.05, 0.1) is 11.0 Å². The van der Waals surface area contributed by atoms with Gasteiger partial charge < -0.3 is 5.73 Å². The number of nitrogens with two attached hydrogens (primary N) is 1. The molecule has 2 aromatic heterocycles. The smallest absolute Gasteiger partial charge is 0.0985 e. The summed E-state index contributed by atoms with van der Waals surface area (Å²) < 4.78 is 0. The molecule has 0 spiro atoms. The van der Waals surface area contributed by atoms with Crippen LogP contribution in [-0.4, -0.2) is 9.97 Å². The van der Waals surface area contributed by atoms with Crippen LogP contribution in [0.15, 0.2) is 42.7 Å². The number of aromatic nitrogens is 2. The van der Waals surface area contributed by atoms with Gasteiger partial charge in [-0.15, -0.1) is 0 Å². The van der Waals surface area contributed by atoms with Crippen molar-refractivity contribution >= 4 is 27.5 Å². The van der Waals surface area contributed by atoms with E-state index in [9.17, 15) is 0 Å². The molecule has 1 aromatic carbocycles. The second-order valence-electron chi connectivity index (χ2n) is 3.44. The number of rotatable bonds is 0. The minimum Gasteiger partial charge on any atom is -0.398 e. The molecule has 3 rings (SSSR count). The topological polar surface area (TPSA) is 51.8 Å². The Bertz CT molecular complexity index is 652. The first-order valence-corrected chi connectivity index (χ1v) is 4.74. The van der Waals surface area contributed by atoms with Crippen LogP contribution in [0.25, 0.3) is 21.8 Å². The molecule has 2 heterocycles. The normalized spacial score (nSPS) is 10.2. The Morgan fingerprint density at radius 1 is 0.938 bits per heavy atom. The molecule has 0 aliphatic heterocycles. The SMILES string of the molecule is Nc1cc2cccnc2c2ncccc12.[Fe]. The molecule has 80 valence electrons. The number of fused-ring (bicyclic) bond motifs is 3. The van der Waals surface area contributed by atoms with Crippen molar-refractivity contribution in [2.24, 2.45) is 0 Å². The molecule has 3 aromatic rings. The number of nitrogen functional groups attached to an aromatic ring is 1. The summed E-state index contributed by atoms with van der Waals surface area (Å²) in [6.07, 6.45) is 3.53. The molecule has 0 aliphatic carbocycles. The molecule has 0 atom stereocenters. The van der Waals surface area contributed by atoms with Gasteiger partial charge in [-0.2, -0.15) is 0 Å². The molecule has 0 saturated carbocycles. The van der Waals surface area contributed by atoms with Crippen LogP contribution in [0, 0.1) is 0 Å². The molecule has 0 aliphatic rings. The summed E-state index contributed by atoms with van der Waals surface area (Å²) >= 11 is 0.